The van der Waals surface area contributed by atoms with E-state index in [0.29, 0.717) is 17.1 Å². The molecule has 0 aliphatic carbocycles. The monoisotopic (exact) mass is 346 g/mol. The lowest BCUT2D eigenvalue weighted by molar-refractivity contribution is 0.0954. The van der Waals surface area contributed by atoms with Crippen LogP contribution in [-0.4, -0.2) is 24.8 Å². The van der Waals surface area contributed by atoms with Crippen molar-refractivity contribution in [3.05, 3.63) is 45.6 Å². The first-order valence-electron chi connectivity index (χ1n) is 7.67. The number of amides is 1. The molecule has 2 aromatic rings. The van der Waals surface area contributed by atoms with Gasteiger partial charge in [-0.05, 0) is 58.0 Å². The van der Waals surface area contributed by atoms with Crippen molar-refractivity contribution in [2.75, 3.05) is 7.11 Å². The largest absolute Gasteiger partial charge is 0.493 e. The topological polar surface area (TPSA) is 59.9 Å². The number of rotatable bonds is 6. The molecule has 24 heavy (non-hydrogen) atoms. The van der Waals surface area contributed by atoms with Gasteiger partial charge in [0.15, 0.2) is 11.5 Å². The summed E-state index contributed by atoms with van der Waals surface area (Å²) in [5.74, 6) is 0.834. The standard InChI is InChI=1S/C18H22N2O3S/c1-11(2)23-15-8-7-14(10-16(15)22-5)18(21)20-19-13(4)17-9-6-12(3)24-17/h6-11H,1-5H3,(H,20,21)/b19-13-. The summed E-state index contributed by atoms with van der Waals surface area (Å²) >= 11 is 1.64. The van der Waals surface area contributed by atoms with Crippen molar-refractivity contribution in [1.29, 1.82) is 0 Å². The molecule has 0 bridgehead atoms. The minimum absolute atomic E-state index is 0.0279. The molecule has 0 saturated carbocycles. The van der Waals surface area contributed by atoms with Crippen molar-refractivity contribution >= 4 is 23.0 Å². The van der Waals surface area contributed by atoms with E-state index < -0.39 is 0 Å². The Morgan fingerprint density at radius 3 is 2.54 bits per heavy atom. The maximum Gasteiger partial charge on any atom is 0.271 e. The highest BCUT2D eigenvalue weighted by Gasteiger charge is 2.12. The van der Waals surface area contributed by atoms with E-state index in [1.54, 1.807) is 36.6 Å². The van der Waals surface area contributed by atoms with Crippen molar-refractivity contribution < 1.29 is 14.3 Å². The Bertz CT molecular complexity index is 750. The summed E-state index contributed by atoms with van der Waals surface area (Å²) in [6.45, 7) is 7.77. The van der Waals surface area contributed by atoms with Gasteiger partial charge in [0.05, 0.1) is 23.8 Å². The highest BCUT2D eigenvalue weighted by atomic mass is 32.1. The zero-order chi connectivity index (χ0) is 17.7. The summed E-state index contributed by atoms with van der Waals surface area (Å²) < 4.78 is 10.9. The van der Waals surface area contributed by atoms with Crippen LogP contribution in [0.25, 0.3) is 0 Å². The molecule has 6 heteroatoms. The predicted octanol–water partition coefficient (Wildman–Crippen LogP) is 4.01. The number of carbonyl (C=O) groups excluding carboxylic acids is 1. The second-order valence-corrected chi connectivity index (χ2v) is 6.87. The third kappa shape index (κ3) is 4.58. The lowest BCUT2D eigenvalue weighted by Gasteiger charge is -2.14. The lowest BCUT2D eigenvalue weighted by atomic mass is 10.2. The molecule has 0 radical (unpaired) electrons. The quantitative estimate of drug-likeness (QED) is 0.635. The summed E-state index contributed by atoms with van der Waals surface area (Å²) in [6.07, 6.45) is 0.0279. The summed E-state index contributed by atoms with van der Waals surface area (Å²) in [6, 6.07) is 9.08. The van der Waals surface area contributed by atoms with Crippen LogP contribution in [0.3, 0.4) is 0 Å². The Morgan fingerprint density at radius 2 is 1.96 bits per heavy atom. The molecule has 1 aromatic carbocycles. The molecule has 0 aliphatic rings. The summed E-state index contributed by atoms with van der Waals surface area (Å²) in [5, 5.41) is 4.17. The number of nitrogens with one attached hydrogen (secondary N) is 1. The van der Waals surface area contributed by atoms with Crippen LogP contribution in [0.15, 0.2) is 35.4 Å². The van der Waals surface area contributed by atoms with E-state index in [-0.39, 0.29) is 12.0 Å². The van der Waals surface area contributed by atoms with Crippen LogP contribution in [0.2, 0.25) is 0 Å². The van der Waals surface area contributed by atoms with E-state index in [1.807, 2.05) is 39.8 Å². The van der Waals surface area contributed by atoms with Gasteiger partial charge in [0.2, 0.25) is 0 Å². The van der Waals surface area contributed by atoms with Gasteiger partial charge >= 0.3 is 0 Å². The summed E-state index contributed by atoms with van der Waals surface area (Å²) in [7, 11) is 1.55. The molecule has 128 valence electrons. The number of hydrazone groups is 1. The molecule has 0 unspecified atom stereocenters. The molecule has 5 nitrogen and oxygen atoms in total. The third-order valence-corrected chi connectivity index (χ3v) is 4.32. The average Bonchev–Trinajstić information content (AvgIpc) is 2.98. The van der Waals surface area contributed by atoms with Crippen LogP contribution in [-0.2, 0) is 0 Å². The normalized spacial score (nSPS) is 11.5. The number of nitrogens with zero attached hydrogens (tertiary/aromatic N) is 1. The molecule has 0 aliphatic heterocycles. The van der Waals surface area contributed by atoms with E-state index in [2.05, 4.69) is 10.5 Å². The van der Waals surface area contributed by atoms with Crippen molar-refractivity contribution in [3.63, 3.8) is 0 Å². The first-order valence-corrected chi connectivity index (χ1v) is 8.48. The fourth-order valence-corrected chi connectivity index (χ4v) is 2.86. The van der Waals surface area contributed by atoms with Crippen LogP contribution in [0.4, 0.5) is 0 Å². The third-order valence-electron chi connectivity index (χ3n) is 3.21. The molecule has 1 N–H and O–H groups in total. The molecule has 0 saturated heterocycles. The van der Waals surface area contributed by atoms with Crippen molar-refractivity contribution in [2.45, 2.75) is 33.8 Å². The second kappa shape index (κ2) is 7.97. The number of benzene rings is 1. The van der Waals surface area contributed by atoms with Crippen LogP contribution >= 0.6 is 11.3 Å². The van der Waals surface area contributed by atoms with Crippen molar-refractivity contribution in [3.8, 4) is 11.5 Å². The van der Waals surface area contributed by atoms with E-state index in [4.69, 9.17) is 9.47 Å². The molecule has 0 atom stereocenters. The van der Waals surface area contributed by atoms with Crippen LogP contribution in [0.5, 0.6) is 11.5 Å². The predicted molar refractivity (Wildman–Crippen MR) is 97.5 cm³/mol. The summed E-state index contributed by atoms with van der Waals surface area (Å²) in [4.78, 5) is 14.5. The zero-order valence-corrected chi connectivity index (χ0v) is 15.4. The first kappa shape index (κ1) is 18.0. The number of aryl methyl sites for hydroxylation is 1. The van der Waals surface area contributed by atoms with Gasteiger partial charge in [0.25, 0.3) is 5.91 Å². The Labute approximate surface area is 146 Å². The highest BCUT2D eigenvalue weighted by Crippen LogP contribution is 2.29. The van der Waals surface area contributed by atoms with Gasteiger partial charge in [-0.15, -0.1) is 11.3 Å². The molecule has 2 rings (SSSR count). The van der Waals surface area contributed by atoms with E-state index >= 15 is 0 Å². The van der Waals surface area contributed by atoms with E-state index in [0.717, 1.165) is 10.6 Å². The van der Waals surface area contributed by atoms with Gasteiger partial charge in [-0.25, -0.2) is 5.43 Å². The van der Waals surface area contributed by atoms with E-state index in [1.165, 1.54) is 4.88 Å². The lowest BCUT2D eigenvalue weighted by Crippen LogP contribution is -2.19. The molecule has 0 fully saturated rings. The summed E-state index contributed by atoms with van der Waals surface area (Å²) in [5.41, 5.74) is 3.81. The Balaban J connectivity index is 2.12. The fraction of sp³-hybridized carbons (Fsp3) is 0.333. The molecule has 1 amide bonds. The number of ether oxygens (including phenoxy) is 2. The van der Waals surface area contributed by atoms with Crippen LogP contribution in [0, 0.1) is 6.92 Å². The highest BCUT2D eigenvalue weighted by molar-refractivity contribution is 7.14. The molecule has 1 aromatic heterocycles. The first-order chi connectivity index (χ1) is 11.4. The average molecular weight is 346 g/mol. The SMILES string of the molecule is COc1cc(C(=O)N/N=C(/C)c2ccc(C)s2)ccc1OC(C)C. The van der Waals surface area contributed by atoms with Gasteiger partial charge in [0, 0.05) is 10.4 Å². The van der Waals surface area contributed by atoms with Gasteiger partial charge in [0.1, 0.15) is 0 Å². The molecular weight excluding hydrogens is 324 g/mol. The fourth-order valence-electron chi connectivity index (χ4n) is 2.04. The minimum Gasteiger partial charge on any atom is -0.493 e. The van der Waals surface area contributed by atoms with Crippen LogP contribution < -0.4 is 14.9 Å². The smallest absolute Gasteiger partial charge is 0.271 e. The minimum atomic E-state index is -0.294. The van der Waals surface area contributed by atoms with Crippen molar-refractivity contribution in [1.82, 2.24) is 5.43 Å². The number of thiophene rings is 1. The van der Waals surface area contributed by atoms with Crippen molar-refractivity contribution in [2.24, 2.45) is 5.10 Å². The Morgan fingerprint density at radius 1 is 1.21 bits per heavy atom. The number of hydrogen-bond acceptors (Lipinski definition) is 5. The molecule has 1 heterocycles. The Hall–Kier alpha value is -2.34. The van der Waals surface area contributed by atoms with Gasteiger partial charge in [-0.2, -0.15) is 5.10 Å². The number of carbonyl (C=O) groups is 1. The van der Waals surface area contributed by atoms with Gasteiger partial charge in [-0.1, -0.05) is 0 Å². The molecular formula is C18H22N2O3S. The van der Waals surface area contributed by atoms with Gasteiger partial charge in [-0.3, -0.25) is 4.79 Å². The molecule has 0 spiro atoms. The number of methoxy groups -OCH3 is 1. The maximum absolute atomic E-state index is 12.3. The second-order valence-electron chi connectivity index (χ2n) is 5.58. The number of hydrogen-bond donors (Lipinski definition) is 1. The van der Waals surface area contributed by atoms with E-state index in [9.17, 15) is 4.79 Å². The maximum atomic E-state index is 12.3. The van der Waals surface area contributed by atoms with Gasteiger partial charge < -0.3 is 9.47 Å². The zero-order valence-electron chi connectivity index (χ0n) is 14.5. The Kier molecular flexibility index (Phi) is 5.98. The van der Waals surface area contributed by atoms with Crippen LogP contribution in [0.1, 0.15) is 40.9 Å².